The molecule has 7 heteroatoms. The van der Waals surface area contributed by atoms with Crippen molar-refractivity contribution in [2.45, 2.75) is 18.9 Å². The molecule has 0 aliphatic rings. The summed E-state index contributed by atoms with van der Waals surface area (Å²) in [6, 6.07) is 0. The van der Waals surface area contributed by atoms with Crippen molar-refractivity contribution in [1.29, 1.82) is 0 Å². The van der Waals surface area contributed by atoms with E-state index in [0.29, 0.717) is 29.7 Å². The van der Waals surface area contributed by atoms with Crippen molar-refractivity contribution in [2.24, 2.45) is 7.05 Å². The van der Waals surface area contributed by atoms with Crippen molar-refractivity contribution in [1.82, 2.24) is 9.78 Å². The first kappa shape index (κ1) is 13.0. The molecule has 0 fully saturated rings. The van der Waals surface area contributed by atoms with Crippen LogP contribution in [-0.2, 0) is 11.8 Å². The molecule has 0 atom stereocenters. The van der Waals surface area contributed by atoms with Gasteiger partial charge >= 0.3 is 5.69 Å². The summed E-state index contributed by atoms with van der Waals surface area (Å²) in [5.74, 6) is 0.688. The maximum absolute atomic E-state index is 10.9. The van der Waals surface area contributed by atoms with Crippen LogP contribution in [0.15, 0.2) is 5.03 Å². The van der Waals surface area contributed by atoms with E-state index >= 15 is 0 Å². The fourth-order valence-electron chi connectivity index (χ4n) is 1.34. The van der Waals surface area contributed by atoms with Crippen LogP contribution in [0.5, 0.6) is 0 Å². The number of aryl methyl sites for hydroxylation is 2. The Morgan fingerprint density at radius 1 is 1.62 bits per heavy atom. The highest BCUT2D eigenvalue weighted by Crippen LogP contribution is 2.31. The van der Waals surface area contributed by atoms with E-state index in [0.717, 1.165) is 0 Å². The number of nitrogens with zero attached hydrogens (tertiary/aromatic N) is 3. The molecule has 16 heavy (non-hydrogen) atoms. The number of aromatic nitrogens is 2. The lowest BCUT2D eigenvalue weighted by Crippen LogP contribution is -2.00. The normalized spacial score (nSPS) is 10.7. The van der Waals surface area contributed by atoms with Gasteiger partial charge in [0.15, 0.2) is 5.03 Å². The van der Waals surface area contributed by atoms with Gasteiger partial charge < -0.3 is 4.74 Å². The van der Waals surface area contributed by atoms with Gasteiger partial charge in [0.2, 0.25) is 0 Å². The lowest BCUT2D eigenvalue weighted by atomic mass is 10.4. The lowest BCUT2D eigenvalue weighted by molar-refractivity contribution is -0.388. The van der Waals surface area contributed by atoms with Crippen LogP contribution in [0.25, 0.3) is 0 Å². The van der Waals surface area contributed by atoms with E-state index in [1.165, 1.54) is 11.8 Å². The number of ether oxygens (including phenoxy) is 1. The van der Waals surface area contributed by atoms with E-state index in [2.05, 4.69) is 5.10 Å². The zero-order valence-corrected chi connectivity index (χ0v) is 10.4. The van der Waals surface area contributed by atoms with Gasteiger partial charge in [-0.3, -0.25) is 14.8 Å². The van der Waals surface area contributed by atoms with Gasteiger partial charge in [0.1, 0.15) is 5.69 Å². The monoisotopic (exact) mass is 245 g/mol. The van der Waals surface area contributed by atoms with Crippen molar-refractivity contribution in [3.8, 4) is 0 Å². The second kappa shape index (κ2) is 5.86. The Morgan fingerprint density at radius 3 is 2.88 bits per heavy atom. The first-order valence-electron chi connectivity index (χ1n) is 4.96. The number of nitro groups is 1. The third-order valence-corrected chi connectivity index (χ3v) is 3.09. The Labute approximate surface area is 98.1 Å². The summed E-state index contributed by atoms with van der Waals surface area (Å²) in [5, 5.41) is 15.5. The Bertz CT molecular complexity index is 378. The van der Waals surface area contributed by atoms with E-state index in [-0.39, 0.29) is 10.6 Å². The predicted molar refractivity (Wildman–Crippen MR) is 61.8 cm³/mol. The van der Waals surface area contributed by atoms with Crippen LogP contribution in [0.3, 0.4) is 0 Å². The Kier molecular flexibility index (Phi) is 4.75. The first-order valence-corrected chi connectivity index (χ1v) is 5.95. The van der Waals surface area contributed by atoms with Crippen molar-refractivity contribution in [3.63, 3.8) is 0 Å². The van der Waals surface area contributed by atoms with Gasteiger partial charge in [-0.15, -0.1) is 0 Å². The summed E-state index contributed by atoms with van der Waals surface area (Å²) in [6.45, 7) is 4.81. The highest BCUT2D eigenvalue weighted by molar-refractivity contribution is 7.99. The van der Waals surface area contributed by atoms with Crippen molar-refractivity contribution < 1.29 is 9.66 Å². The molecule has 1 aromatic heterocycles. The fourth-order valence-corrected chi connectivity index (χ4v) is 2.32. The molecular formula is C9H15N3O3S. The molecule has 0 spiro atoms. The van der Waals surface area contributed by atoms with Gasteiger partial charge in [0.25, 0.3) is 0 Å². The third-order valence-electron chi connectivity index (χ3n) is 1.99. The average Bonchev–Trinajstić information content (AvgIpc) is 2.48. The smallest absolute Gasteiger partial charge is 0.323 e. The molecule has 1 heterocycles. The van der Waals surface area contributed by atoms with Crippen molar-refractivity contribution in [3.05, 3.63) is 15.8 Å². The molecule has 90 valence electrons. The minimum Gasteiger partial charge on any atom is -0.381 e. The minimum absolute atomic E-state index is 0.101. The van der Waals surface area contributed by atoms with E-state index in [9.17, 15) is 10.1 Å². The Balaban J connectivity index is 2.74. The Hall–Kier alpha value is -1.08. The van der Waals surface area contributed by atoms with Crippen molar-refractivity contribution >= 4 is 17.4 Å². The van der Waals surface area contributed by atoms with Gasteiger partial charge in [0, 0.05) is 19.4 Å². The number of hydrogen-bond acceptors (Lipinski definition) is 5. The maximum atomic E-state index is 10.9. The van der Waals surface area contributed by atoms with E-state index in [1.807, 2.05) is 6.92 Å². The van der Waals surface area contributed by atoms with Gasteiger partial charge in [-0.2, -0.15) is 5.10 Å². The second-order valence-corrected chi connectivity index (χ2v) is 4.25. The SMILES string of the molecule is CCOCCSc1c([N+](=O)[O-])c(C)nn1C. The molecule has 0 radical (unpaired) electrons. The molecule has 0 saturated carbocycles. The first-order chi connectivity index (χ1) is 7.57. The molecule has 0 aromatic carbocycles. The molecule has 6 nitrogen and oxygen atoms in total. The third kappa shape index (κ3) is 2.96. The van der Waals surface area contributed by atoms with E-state index < -0.39 is 0 Å². The molecule has 1 aromatic rings. The topological polar surface area (TPSA) is 70.2 Å². The van der Waals surface area contributed by atoms with Crippen molar-refractivity contribution in [2.75, 3.05) is 19.0 Å². The average molecular weight is 245 g/mol. The van der Waals surface area contributed by atoms with Crippen LogP contribution < -0.4 is 0 Å². The maximum Gasteiger partial charge on any atom is 0.323 e. The molecular weight excluding hydrogens is 230 g/mol. The number of thioether (sulfide) groups is 1. The van der Waals surface area contributed by atoms with Crippen LogP contribution in [0.1, 0.15) is 12.6 Å². The van der Waals surface area contributed by atoms with Crippen LogP contribution in [-0.4, -0.2) is 33.7 Å². The lowest BCUT2D eigenvalue weighted by Gasteiger charge is -2.01. The predicted octanol–water partition coefficient (Wildman–Crippen LogP) is 1.77. The zero-order chi connectivity index (χ0) is 12.1. The highest BCUT2D eigenvalue weighted by atomic mass is 32.2. The fraction of sp³-hybridized carbons (Fsp3) is 0.667. The van der Waals surface area contributed by atoms with Gasteiger partial charge in [0.05, 0.1) is 11.5 Å². The van der Waals surface area contributed by atoms with Crippen LogP contribution in [0, 0.1) is 17.0 Å². The second-order valence-electron chi connectivity index (χ2n) is 3.17. The molecule has 0 N–H and O–H groups in total. The summed E-state index contributed by atoms with van der Waals surface area (Å²) < 4.78 is 6.73. The molecule has 0 unspecified atom stereocenters. The van der Waals surface area contributed by atoms with Gasteiger partial charge in [-0.05, 0) is 13.8 Å². The van der Waals surface area contributed by atoms with Crippen LogP contribution in [0.4, 0.5) is 5.69 Å². The number of hydrogen-bond donors (Lipinski definition) is 0. The van der Waals surface area contributed by atoms with Gasteiger partial charge in [-0.25, -0.2) is 0 Å². The molecule has 0 aliphatic heterocycles. The standard InChI is InChI=1S/C9H15N3O3S/c1-4-15-5-6-16-9-8(12(13)14)7(2)10-11(9)3/h4-6H2,1-3H3. The zero-order valence-electron chi connectivity index (χ0n) is 9.60. The largest absolute Gasteiger partial charge is 0.381 e. The number of rotatable bonds is 6. The summed E-state index contributed by atoms with van der Waals surface area (Å²) in [7, 11) is 1.71. The molecule has 0 amide bonds. The molecule has 0 aliphatic carbocycles. The summed E-state index contributed by atoms with van der Waals surface area (Å²) in [6.07, 6.45) is 0. The minimum atomic E-state index is -0.384. The molecule has 0 bridgehead atoms. The Morgan fingerprint density at radius 2 is 2.31 bits per heavy atom. The summed E-state index contributed by atoms with van der Waals surface area (Å²) in [4.78, 5) is 10.5. The van der Waals surface area contributed by atoms with E-state index in [4.69, 9.17) is 4.74 Å². The van der Waals surface area contributed by atoms with Crippen LogP contribution in [0.2, 0.25) is 0 Å². The van der Waals surface area contributed by atoms with E-state index in [1.54, 1.807) is 18.7 Å². The molecule has 1 rings (SSSR count). The quantitative estimate of drug-likeness (QED) is 0.330. The summed E-state index contributed by atoms with van der Waals surface area (Å²) in [5.41, 5.74) is 0.551. The molecule has 0 saturated heterocycles. The van der Waals surface area contributed by atoms with Gasteiger partial charge in [-0.1, -0.05) is 11.8 Å². The summed E-state index contributed by atoms with van der Waals surface area (Å²) >= 11 is 1.40. The highest BCUT2D eigenvalue weighted by Gasteiger charge is 2.23. The van der Waals surface area contributed by atoms with Crippen LogP contribution >= 0.6 is 11.8 Å².